The van der Waals surface area contributed by atoms with Gasteiger partial charge in [0.1, 0.15) is 0 Å². The molecule has 1 fully saturated rings. The predicted molar refractivity (Wildman–Crippen MR) is 94.6 cm³/mol. The Morgan fingerprint density at radius 1 is 1.12 bits per heavy atom. The third-order valence-electron chi connectivity index (χ3n) is 4.09. The molecule has 0 spiro atoms. The average molecular weight is 367 g/mol. The van der Waals surface area contributed by atoms with Crippen molar-refractivity contribution in [1.29, 1.82) is 0 Å². The molecule has 1 aliphatic rings. The highest BCUT2D eigenvalue weighted by molar-refractivity contribution is 7.89. The van der Waals surface area contributed by atoms with E-state index in [2.05, 4.69) is 4.72 Å². The van der Waals surface area contributed by atoms with E-state index in [0.717, 1.165) is 0 Å². The van der Waals surface area contributed by atoms with Crippen LogP contribution in [0, 0.1) is 5.92 Å². The van der Waals surface area contributed by atoms with Gasteiger partial charge in [-0.25, -0.2) is 13.1 Å². The third kappa shape index (κ3) is 5.02. The minimum absolute atomic E-state index is 0.00332. The summed E-state index contributed by atoms with van der Waals surface area (Å²) >= 11 is 0. The number of nitrogens with zero attached hydrogens (tertiary/aromatic N) is 2. The highest BCUT2D eigenvalue weighted by Gasteiger charge is 2.24. The van der Waals surface area contributed by atoms with Gasteiger partial charge in [-0.1, -0.05) is 19.9 Å². The maximum atomic E-state index is 12.6. The maximum absolute atomic E-state index is 12.6. The first-order valence-electron chi connectivity index (χ1n) is 8.35. The molecule has 0 bridgehead atoms. The molecule has 1 aliphatic heterocycles. The second kappa shape index (κ2) is 7.97. The average Bonchev–Trinajstić information content (AvgIpc) is 2.59. The number of hydrogen-bond donors (Lipinski definition) is 1. The van der Waals surface area contributed by atoms with Crippen LogP contribution in [0.2, 0.25) is 0 Å². The molecule has 0 unspecified atom stereocenters. The fraction of sp³-hybridized carbons (Fsp3) is 0.529. The van der Waals surface area contributed by atoms with E-state index < -0.39 is 10.0 Å². The molecule has 0 atom stereocenters. The monoisotopic (exact) mass is 367 g/mol. The summed E-state index contributed by atoms with van der Waals surface area (Å²) in [5, 5.41) is 0. The van der Waals surface area contributed by atoms with Crippen LogP contribution in [-0.4, -0.2) is 62.8 Å². The van der Waals surface area contributed by atoms with Gasteiger partial charge in [-0.2, -0.15) is 0 Å². The van der Waals surface area contributed by atoms with Gasteiger partial charge < -0.3 is 9.80 Å². The summed E-state index contributed by atoms with van der Waals surface area (Å²) in [6, 6.07) is 6.07. The first-order valence-corrected chi connectivity index (χ1v) is 9.83. The first kappa shape index (κ1) is 19.4. The van der Waals surface area contributed by atoms with E-state index in [1.54, 1.807) is 21.9 Å². The van der Waals surface area contributed by atoms with E-state index in [-0.39, 0.29) is 22.6 Å². The molecular weight excluding hydrogens is 342 g/mol. The van der Waals surface area contributed by atoms with Crippen LogP contribution >= 0.6 is 0 Å². The Hall–Kier alpha value is -1.93. The van der Waals surface area contributed by atoms with E-state index in [1.165, 1.54) is 19.1 Å². The Labute approximate surface area is 149 Å². The van der Waals surface area contributed by atoms with Crippen LogP contribution in [0.1, 0.15) is 31.1 Å². The Morgan fingerprint density at radius 2 is 1.72 bits per heavy atom. The fourth-order valence-corrected chi connectivity index (χ4v) is 3.82. The summed E-state index contributed by atoms with van der Waals surface area (Å²) in [4.78, 5) is 27.4. The highest BCUT2D eigenvalue weighted by Crippen LogP contribution is 2.15. The van der Waals surface area contributed by atoms with Crippen LogP contribution < -0.4 is 4.72 Å². The Balaban J connectivity index is 2.11. The Morgan fingerprint density at radius 3 is 2.28 bits per heavy atom. The number of carbonyl (C=O) groups is 2. The Kier molecular flexibility index (Phi) is 6.18. The molecule has 0 aromatic heterocycles. The lowest BCUT2D eigenvalue weighted by Crippen LogP contribution is -2.50. The first-order chi connectivity index (χ1) is 11.7. The number of carbonyl (C=O) groups excluding carboxylic acids is 2. The van der Waals surface area contributed by atoms with E-state index >= 15 is 0 Å². The van der Waals surface area contributed by atoms with Gasteiger partial charge in [0.05, 0.1) is 4.90 Å². The van der Waals surface area contributed by atoms with Crippen molar-refractivity contribution in [3.63, 3.8) is 0 Å². The second-order valence-electron chi connectivity index (χ2n) is 6.57. The van der Waals surface area contributed by atoms with Gasteiger partial charge in [-0.05, 0) is 24.1 Å². The topological polar surface area (TPSA) is 86.8 Å². The molecule has 1 N–H and O–H groups in total. The molecule has 138 valence electrons. The summed E-state index contributed by atoms with van der Waals surface area (Å²) in [6.07, 6.45) is 0. The molecule has 0 aliphatic carbocycles. The zero-order chi connectivity index (χ0) is 18.6. The highest BCUT2D eigenvalue weighted by atomic mass is 32.2. The zero-order valence-electron chi connectivity index (χ0n) is 14.9. The molecule has 2 amide bonds. The van der Waals surface area contributed by atoms with Crippen LogP contribution in [0.25, 0.3) is 0 Å². The largest absolute Gasteiger partial charge is 0.339 e. The van der Waals surface area contributed by atoms with Crippen molar-refractivity contribution >= 4 is 21.8 Å². The van der Waals surface area contributed by atoms with Gasteiger partial charge >= 0.3 is 0 Å². The van der Waals surface area contributed by atoms with Crippen molar-refractivity contribution < 1.29 is 18.0 Å². The number of amides is 2. The van der Waals surface area contributed by atoms with Gasteiger partial charge in [-0.3, -0.25) is 9.59 Å². The van der Waals surface area contributed by atoms with Gasteiger partial charge in [-0.15, -0.1) is 0 Å². The molecule has 8 heteroatoms. The lowest BCUT2D eigenvalue weighted by atomic mass is 10.2. The second-order valence-corrected chi connectivity index (χ2v) is 8.34. The van der Waals surface area contributed by atoms with E-state index in [9.17, 15) is 18.0 Å². The molecule has 1 aromatic carbocycles. The summed E-state index contributed by atoms with van der Waals surface area (Å²) in [6.45, 7) is 7.57. The van der Waals surface area contributed by atoms with Crippen LogP contribution in [0.4, 0.5) is 0 Å². The fourth-order valence-electron chi connectivity index (χ4n) is 2.56. The standard InChI is InChI=1S/C17H25N3O4S/c1-13(2)12-18-25(23,24)16-6-4-5-15(11-16)17(22)20-9-7-19(8-10-20)14(3)21/h4-6,11,13,18H,7-10,12H2,1-3H3. The molecule has 0 radical (unpaired) electrons. The van der Waals surface area contributed by atoms with Crippen LogP contribution in [-0.2, 0) is 14.8 Å². The number of nitrogens with one attached hydrogen (secondary N) is 1. The molecule has 0 saturated carbocycles. The summed E-state index contributed by atoms with van der Waals surface area (Å²) in [7, 11) is -3.64. The number of benzene rings is 1. The number of hydrogen-bond acceptors (Lipinski definition) is 4. The minimum Gasteiger partial charge on any atom is -0.339 e. The molecule has 25 heavy (non-hydrogen) atoms. The SMILES string of the molecule is CC(=O)N1CCN(C(=O)c2cccc(S(=O)(=O)NCC(C)C)c2)CC1. The lowest BCUT2D eigenvalue weighted by Gasteiger charge is -2.34. The molecule has 2 rings (SSSR count). The van der Waals surface area contributed by atoms with E-state index in [1.807, 2.05) is 13.8 Å². The number of sulfonamides is 1. The van der Waals surface area contributed by atoms with Gasteiger partial charge in [0.25, 0.3) is 5.91 Å². The van der Waals surface area contributed by atoms with E-state index in [4.69, 9.17) is 0 Å². The lowest BCUT2D eigenvalue weighted by molar-refractivity contribution is -0.130. The smallest absolute Gasteiger partial charge is 0.254 e. The quantitative estimate of drug-likeness (QED) is 0.839. The van der Waals surface area contributed by atoms with E-state index in [0.29, 0.717) is 38.3 Å². The summed E-state index contributed by atoms with van der Waals surface area (Å²) < 4.78 is 27.2. The van der Waals surface area contributed by atoms with Gasteiger partial charge in [0.15, 0.2) is 0 Å². The van der Waals surface area contributed by atoms with Crippen molar-refractivity contribution in [3.05, 3.63) is 29.8 Å². The van der Waals surface area contributed by atoms with Crippen molar-refractivity contribution in [2.75, 3.05) is 32.7 Å². The summed E-state index contributed by atoms with van der Waals surface area (Å²) in [5.41, 5.74) is 0.337. The minimum atomic E-state index is -3.64. The molecular formula is C17H25N3O4S. The summed E-state index contributed by atoms with van der Waals surface area (Å²) in [5.74, 6) is -0.0299. The zero-order valence-corrected chi connectivity index (χ0v) is 15.7. The van der Waals surface area contributed by atoms with Gasteiger partial charge in [0.2, 0.25) is 15.9 Å². The molecule has 1 aromatic rings. The Bertz CT molecular complexity index is 738. The number of piperazine rings is 1. The van der Waals surface area contributed by atoms with Crippen molar-refractivity contribution in [1.82, 2.24) is 14.5 Å². The van der Waals surface area contributed by atoms with Gasteiger partial charge in [0, 0.05) is 45.2 Å². The molecule has 7 nitrogen and oxygen atoms in total. The van der Waals surface area contributed by atoms with Crippen molar-refractivity contribution in [2.24, 2.45) is 5.92 Å². The normalized spacial score (nSPS) is 15.5. The maximum Gasteiger partial charge on any atom is 0.254 e. The molecule has 1 saturated heterocycles. The van der Waals surface area contributed by atoms with Crippen LogP contribution in [0.3, 0.4) is 0 Å². The van der Waals surface area contributed by atoms with Crippen LogP contribution in [0.5, 0.6) is 0 Å². The predicted octanol–water partition coefficient (Wildman–Crippen LogP) is 0.925. The number of rotatable bonds is 5. The molecule has 1 heterocycles. The van der Waals surface area contributed by atoms with Crippen molar-refractivity contribution in [3.8, 4) is 0 Å². The third-order valence-corrected chi connectivity index (χ3v) is 5.51. The van der Waals surface area contributed by atoms with Crippen LogP contribution in [0.15, 0.2) is 29.2 Å². The van der Waals surface area contributed by atoms with Crippen molar-refractivity contribution in [2.45, 2.75) is 25.7 Å².